The summed E-state index contributed by atoms with van der Waals surface area (Å²) < 4.78 is 57.3. The Morgan fingerprint density at radius 2 is 1.80 bits per heavy atom. The third kappa shape index (κ3) is 2.54. The molecule has 0 spiro atoms. The Hall–Kier alpha value is -2.62. The van der Waals surface area contributed by atoms with Gasteiger partial charge in [-0.1, -0.05) is 6.07 Å². The van der Waals surface area contributed by atoms with E-state index in [0.29, 0.717) is 0 Å². The van der Waals surface area contributed by atoms with Gasteiger partial charge < -0.3 is 4.74 Å². The zero-order valence-corrected chi connectivity index (χ0v) is 9.83. The second-order valence-corrected chi connectivity index (χ2v) is 3.71. The van der Waals surface area contributed by atoms with E-state index in [9.17, 15) is 17.6 Å². The van der Waals surface area contributed by atoms with Gasteiger partial charge in [-0.25, -0.2) is 13.8 Å². The molecule has 2 aromatic rings. The second-order valence-electron chi connectivity index (χ2n) is 3.71. The number of rotatable bonds is 3. The summed E-state index contributed by atoms with van der Waals surface area (Å²) in [7, 11) is 0. The molecule has 3 nitrogen and oxygen atoms in total. The van der Waals surface area contributed by atoms with Crippen LogP contribution in [0.25, 0.3) is 0 Å². The minimum atomic E-state index is -1.63. The van der Waals surface area contributed by atoms with Crippen LogP contribution in [0, 0.1) is 34.6 Å². The minimum absolute atomic E-state index is 0.00908. The van der Waals surface area contributed by atoms with Crippen LogP contribution in [-0.2, 0) is 6.61 Å². The van der Waals surface area contributed by atoms with E-state index in [1.807, 2.05) is 0 Å². The first-order valence-electron chi connectivity index (χ1n) is 5.34. The van der Waals surface area contributed by atoms with Gasteiger partial charge >= 0.3 is 0 Å². The number of aromatic nitrogens is 1. The van der Waals surface area contributed by atoms with Gasteiger partial charge in [0.25, 0.3) is 0 Å². The standard InChI is InChI=1S/C13H6F4N2O/c14-8-4-9(15)12(17)13(11(8)16)20-6-7-2-1-3-19-10(7)5-18/h1-4H,6H2. The van der Waals surface area contributed by atoms with Crippen LogP contribution in [0.15, 0.2) is 24.4 Å². The van der Waals surface area contributed by atoms with E-state index in [4.69, 9.17) is 10.00 Å². The van der Waals surface area contributed by atoms with E-state index in [1.54, 1.807) is 6.07 Å². The van der Waals surface area contributed by atoms with Crippen molar-refractivity contribution in [3.8, 4) is 11.8 Å². The lowest BCUT2D eigenvalue weighted by molar-refractivity contribution is 0.261. The molecule has 102 valence electrons. The van der Waals surface area contributed by atoms with Gasteiger partial charge in [-0.2, -0.15) is 14.0 Å². The van der Waals surface area contributed by atoms with Gasteiger partial charge in [-0.05, 0) is 6.07 Å². The molecule has 0 saturated heterocycles. The molecule has 2 rings (SSSR count). The fourth-order valence-electron chi connectivity index (χ4n) is 1.48. The van der Waals surface area contributed by atoms with Crippen LogP contribution in [0.2, 0.25) is 0 Å². The molecular weight excluding hydrogens is 276 g/mol. The van der Waals surface area contributed by atoms with Crippen molar-refractivity contribution in [2.24, 2.45) is 0 Å². The average Bonchev–Trinajstić information content (AvgIpc) is 2.45. The van der Waals surface area contributed by atoms with Crippen LogP contribution in [0.5, 0.6) is 5.75 Å². The Bertz CT molecular complexity index is 671. The largest absolute Gasteiger partial charge is 0.483 e. The fraction of sp³-hybridized carbons (Fsp3) is 0.0769. The highest BCUT2D eigenvalue weighted by atomic mass is 19.2. The number of hydrogen-bond acceptors (Lipinski definition) is 3. The number of hydrogen-bond donors (Lipinski definition) is 0. The molecule has 20 heavy (non-hydrogen) atoms. The van der Waals surface area contributed by atoms with E-state index in [-0.39, 0.29) is 17.3 Å². The molecule has 0 aliphatic rings. The molecule has 0 amide bonds. The molecule has 0 radical (unpaired) electrons. The summed E-state index contributed by atoms with van der Waals surface area (Å²) in [5, 5.41) is 8.78. The van der Waals surface area contributed by atoms with Gasteiger partial charge in [0, 0.05) is 17.8 Å². The van der Waals surface area contributed by atoms with E-state index in [0.717, 1.165) is 0 Å². The van der Waals surface area contributed by atoms with Crippen molar-refractivity contribution < 1.29 is 22.3 Å². The number of pyridine rings is 1. The lowest BCUT2D eigenvalue weighted by Crippen LogP contribution is -2.05. The molecule has 0 unspecified atom stereocenters. The van der Waals surface area contributed by atoms with Crippen molar-refractivity contribution >= 4 is 0 Å². The Kier molecular flexibility index (Phi) is 3.84. The molecule has 1 heterocycles. The summed E-state index contributed by atoms with van der Waals surface area (Å²) in [5.74, 6) is -7.57. The predicted octanol–water partition coefficient (Wildman–Crippen LogP) is 3.09. The number of benzene rings is 1. The van der Waals surface area contributed by atoms with Gasteiger partial charge in [-0.3, -0.25) is 0 Å². The molecule has 0 atom stereocenters. The zero-order chi connectivity index (χ0) is 14.7. The Labute approximate surface area is 111 Å². The Morgan fingerprint density at radius 3 is 2.40 bits per heavy atom. The highest BCUT2D eigenvalue weighted by Gasteiger charge is 2.20. The smallest absolute Gasteiger partial charge is 0.203 e. The highest BCUT2D eigenvalue weighted by Crippen LogP contribution is 2.27. The Balaban J connectivity index is 2.30. The maximum Gasteiger partial charge on any atom is 0.203 e. The van der Waals surface area contributed by atoms with E-state index in [2.05, 4.69) is 4.98 Å². The summed E-state index contributed by atoms with van der Waals surface area (Å²) in [5.41, 5.74) is 0.226. The summed E-state index contributed by atoms with van der Waals surface area (Å²) in [4.78, 5) is 3.71. The van der Waals surface area contributed by atoms with Gasteiger partial charge in [0.2, 0.25) is 11.6 Å². The Morgan fingerprint density at radius 1 is 1.15 bits per heavy atom. The van der Waals surface area contributed by atoms with Crippen LogP contribution in [0.4, 0.5) is 17.6 Å². The lowest BCUT2D eigenvalue weighted by Gasteiger charge is -2.09. The first-order chi connectivity index (χ1) is 9.54. The molecule has 7 heteroatoms. The second kappa shape index (κ2) is 5.57. The number of ether oxygens (including phenoxy) is 1. The number of nitrogens with zero attached hydrogens (tertiary/aromatic N) is 2. The minimum Gasteiger partial charge on any atom is -0.483 e. The summed E-state index contributed by atoms with van der Waals surface area (Å²) >= 11 is 0. The third-order valence-corrected chi connectivity index (χ3v) is 2.44. The van der Waals surface area contributed by atoms with E-state index < -0.39 is 35.6 Å². The summed E-state index contributed by atoms with van der Waals surface area (Å²) in [6.45, 7) is -0.451. The van der Waals surface area contributed by atoms with Crippen molar-refractivity contribution in [1.29, 1.82) is 5.26 Å². The van der Waals surface area contributed by atoms with Crippen molar-refractivity contribution in [3.63, 3.8) is 0 Å². The summed E-state index contributed by atoms with van der Waals surface area (Å²) in [6.07, 6.45) is 1.35. The van der Waals surface area contributed by atoms with Crippen molar-refractivity contribution in [1.82, 2.24) is 4.98 Å². The quantitative estimate of drug-likeness (QED) is 0.642. The molecule has 1 aromatic heterocycles. The molecule has 0 aliphatic carbocycles. The topological polar surface area (TPSA) is 45.9 Å². The van der Waals surface area contributed by atoms with Crippen molar-refractivity contribution in [3.05, 3.63) is 58.9 Å². The summed E-state index contributed by atoms with van der Waals surface area (Å²) in [6, 6.07) is 4.77. The third-order valence-electron chi connectivity index (χ3n) is 2.44. The maximum atomic E-state index is 13.3. The van der Waals surface area contributed by atoms with Crippen molar-refractivity contribution in [2.75, 3.05) is 0 Å². The molecule has 1 aromatic carbocycles. The molecule has 0 saturated carbocycles. The van der Waals surface area contributed by atoms with Gasteiger partial charge in [0.05, 0.1) is 0 Å². The van der Waals surface area contributed by atoms with Crippen LogP contribution in [0.3, 0.4) is 0 Å². The monoisotopic (exact) mass is 282 g/mol. The normalized spacial score (nSPS) is 10.2. The molecule has 0 fully saturated rings. The predicted molar refractivity (Wildman–Crippen MR) is 59.6 cm³/mol. The van der Waals surface area contributed by atoms with Gasteiger partial charge in [0.15, 0.2) is 17.4 Å². The highest BCUT2D eigenvalue weighted by molar-refractivity contribution is 5.32. The molecule has 0 N–H and O–H groups in total. The van der Waals surface area contributed by atoms with Crippen LogP contribution < -0.4 is 4.74 Å². The number of nitriles is 1. The molecular formula is C13H6F4N2O. The first-order valence-corrected chi connectivity index (χ1v) is 5.34. The SMILES string of the molecule is N#Cc1ncccc1COc1c(F)c(F)cc(F)c1F. The van der Waals surface area contributed by atoms with Gasteiger partial charge in [0.1, 0.15) is 18.4 Å². The number of halogens is 4. The zero-order valence-electron chi connectivity index (χ0n) is 9.83. The lowest BCUT2D eigenvalue weighted by atomic mass is 10.2. The average molecular weight is 282 g/mol. The van der Waals surface area contributed by atoms with E-state index >= 15 is 0 Å². The molecule has 0 bridgehead atoms. The van der Waals surface area contributed by atoms with Crippen molar-refractivity contribution in [2.45, 2.75) is 6.61 Å². The maximum absolute atomic E-state index is 13.3. The van der Waals surface area contributed by atoms with E-state index in [1.165, 1.54) is 18.3 Å². The van der Waals surface area contributed by atoms with Crippen LogP contribution in [0.1, 0.15) is 11.3 Å². The van der Waals surface area contributed by atoms with Crippen LogP contribution in [-0.4, -0.2) is 4.98 Å². The van der Waals surface area contributed by atoms with Crippen LogP contribution >= 0.6 is 0 Å². The molecule has 0 aliphatic heterocycles. The fourth-order valence-corrected chi connectivity index (χ4v) is 1.48. The first kappa shape index (κ1) is 13.8. The van der Waals surface area contributed by atoms with Gasteiger partial charge in [-0.15, -0.1) is 0 Å².